The van der Waals surface area contributed by atoms with Gasteiger partial charge in [0.25, 0.3) is 11.1 Å². The van der Waals surface area contributed by atoms with Gasteiger partial charge < -0.3 is 15.1 Å². The van der Waals surface area contributed by atoms with Gasteiger partial charge in [0.15, 0.2) is 5.78 Å². The number of nitrogens with zero attached hydrogens (tertiary/aromatic N) is 4. The number of halogens is 1. The summed E-state index contributed by atoms with van der Waals surface area (Å²) < 4.78 is 19.7. The fourth-order valence-electron chi connectivity index (χ4n) is 9.41. The minimum absolute atomic E-state index is 0.0247. The number of imide groups is 1. The minimum Gasteiger partial charge on any atom is -0.464 e. The fourth-order valence-corrected chi connectivity index (χ4v) is 10.9. The summed E-state index contributed by atoms with van der Waals surface area (Å²) in [4.78, 5) is 65.4. The van der Waals surface area contributed by atoms with Gasteiger partial charge in [-0.25, -0.2) is 24.3 Å². The first kappa shape index (κ1) is 47.0. The highest BCUT2D eigenvalue weighted by molar-refractivity contribution is 8.18. The van der Waals surface area contributed by atoms with E-state index in [0.29, 0.717) is 50.5 Å². The molecular weight excluding hydrogens is 898 g/mol. The average molecular weight is 950 g/mol. The largest absolute Gasteiger partial charge is 0.464 e. The number of rotatable bonds is 13. The number of benzene rings is 3. The number of amides is 2. The molecule has 5 heterocycles. The first-order chi connectivity index (χ1) is 33.2. The predicted octanol–water partition coefficient (Wildman–Crippen LogP) is 10.2. The van der Waals surface area contributed by atoms with Crippen LogP contribution in [0.3, 0.4) is 0 Å². The summed E-state index contributed by atoms with van der Waals surface area (Å²) in [5, 5.41) is 10.9. The molecule has 2 aliphatic heterocycles. The normalized spacial score (nSPS) is 21.9. The smallest absolute Gasteiger partial charge is 0.290 e. The quantitative estimate of drug-likeness (QED) is 0.0739. The van der Waals surface area contributed by atoms with Gasteiger partial charge in [0.2, 0.25) is 5.12 Å². The minimum atomic E-state index is -0.368. The summed E-state index contributed by atoms with van der Waals surface area (Å²) in [7, 11) is 0. The number of carbonyl (C=O) groups is 4. The number of ketones is 1. The van der Waals surface area contributed by atoms with Crippen molar-refractivity contribution in [2.75, 3.05) is 0 Å². The number of aromatic nitrogens is 4. The number of Topliss-reactive ketones (excluding diaryl/α,β-unsaturated/α-hetero) is 1. The highest BCUT2D eigenvalue weighted by atomic mass is 32.2. The van der Waals surface area contributed by atoms with Crippen molar-refractivity contribution in [1.82, 2.24) is 35.9 Å². The molecular formula is C53H52FN7O5S2. The molecule has 0 bridgehead atoms. The molecule has 3 aromatic carbocycles. The van der Waals surface area contributed by atoms with Gasteiger partial charge in [-0.1, -0.05) is 54.6 Å². The SMILES string of the molecule is O=C1CC(=O)/C(=C/c2ccnc(CC3CCC(NCc4ccc(F)c5ccccc45)CC3)n2)S1.O=C1NC(=O)/C(=C/c2ccnc(CC3CCC(NCc4ccccc4-c4ccco4)CC3)n2)S1. The predicted molar refractivity (Wildman–Crippen MR) is 264 cm³/mol. The third-order valence-electron chi connectivity index (χ3n) is 13.0. The molecule has 2 aliphatic carbocycles. The Balaban J connectivity index is 0.000000170. The number of furan rings is 1. The number of thioether (sulfide) groups is 2. The molecule has 3 N–H and O–H groups in total. The standard InChI is InChI=1S/C27H26FN3O2S.C26H26N4O3S/c28-23-10-7-18(21-3-1-2-4-22(21)23)16-30-19-8-5-17(6-9-19)13-26-29-12-11-20(31-26)14-25-24(32)15-27(33)34-25;31-25-23(34-26(32)30-25)15-20-11-12-27-24(29-20)14-17-7-9-19(10-8-17)28-16-18-4-1-2-5-21(18)22-6-3-13-33-22/h1-4,7,10-12,14,17,19,30H,5-6,8-9,13,15-16H2;1-6,11-13,15,17,19,28H,7-10,14,16H2,(H,30,31,32)/b25-14-;23-15-. The topological polar surface area (TPSA) is 169 Å². The maximum atomic E-state index is 14.1. The summed E-state index contributed by atoms with van der Waals surface area (Å²) >= 11 is 1.90. The van der Waals surface area contributed by atoms with Crippen molar-refractivity contribution in [3.05, 3.63) is 153 Å². The number of nitrogens with one attached hydrogen (secondary N) is 3. The van der Waals surface area contributed by atoms with E-state index in [2.05, 4.69) is 54.1 Å². The van der Waals surface area contributed by atoms with Crippen LogP contribution in [0.25, 0.3) is 34.2 Å². The summed E-state index contributed by atoms with van der Waals surface area (Å²) in [6, 6.07) is 27.8. The van der Waals surface area contributed by atoms with E-state index in [1.54, 1.807) is 49.0 Å². The number of allylic oxidation sites excluding steroid dienone is 1. The molecule has 0 radical (unpaired) electrons. The average Bonchev–Trinajstić information content (AvgIpc) is 4.09. The van der Waals surface area contributed by atoms with Gasteiger partial charge in [0, 0.05) is 61.4 Å². The van der Waals surface area contributed by atoms with E-state index in [1.807, 2.05) is 48.5 Å². The summed E-state index contributed by atoms with van der Waals surface area (Å²) in [6.07, 6.45) is 19.0. The lowest BCUT2D eigenvalue weighted by Crippen LogP contribution is -2.33. The number of hydrogen-bond acceptors (Lipinski definition) is 13. The molecule has 4 fully saturated rings. The Labute approximate surface area is 402 Å². The van der Waals surface area contributed by atoms with E-state index in [0.717, 1.165) is 135 Å². The molecule has 0 atom stereocenters. The first-order valence-electron chi connectivity index (χ1n) is 23.3. The van der Waals surface area contributed by atoms with Gasteiger partial charge in [-0.05, 0) is 146 Å². The lowest BCUT2D eigenvalue weighted by atomic mass is 9.84. The number of fused-ring (bicyclic) bond motifs is 1. The van der Waals surface area contributed by atoms with E-state index in [9.17, 15) is 23.6 Å². The third kappa shape index (κ3) is 12.3. The van der Waals surface area contributed by atoms with Gasteiger partial charge in [-0.15, -0.1) is 0 Å². The lowest BCUT2D eigenvalue weighted by Gasteiger charge is -2.29. The Morgan fingerprint density at radius 1 is 0.647 bits per heavy atom. The van der Waals surface area contributed by atoms with Crippen LogP contribution in [0, 0.1) is 17.7 Å². The maximum absolute atomic E-state index is 14.1. The molecule has 2 amide bonds. The van der Waals surface area contributed by atoms with Crippen LogP contribution >= 0.6 is 23.5 Å². The Bertz CT molecular complexity index is 2860. The molecule has 68 heavy (non-hydrogen) atoms. The number of hydrogen-bond donors (Lipinski definition) is 3. The van der Waals surface area contributed by atoms with Crippen molar-refractivity contribution < 1.29 is 28.0 Å². The Morgan fingerprint density at radius 3 is 1.84 bits per heavy atom. The Hall–Kier alpha value is -6.13. The Morgan fingerprint density at radius 2 is 1.25 bits per heavy atom. The van der Waals surface area contributed by atoms with Crippen molar-refractivity contribution in [3.63, 3.8) is 0 Å². The van der Waals surface area contributed by atoms with Gasteiger partial charge >= 0.3 is 0 Å². The molecule has 12 nitrogen and oxygen atoms in total. The van der Waals surface area contributed by atoms with E-state index < -0.39 is 0 Å². The maximum Gasteiger partial charge on any atom is 0.290 e. The second-order valence-corrected chi connectivity index (χ2v) is 19.8. The summed E-state index contributed by atoms with van der Waals surface area (Å²) in [6.45, 7) is 1.55. The molecule has 0 spiro atoms. The van der Waals surface area contributed by atoms with Crippen LogP contribution in [0.5, 0.6) is 0 Å². The second-order valence-electron chi connectivity index (χ2n) is 17.7. The molecule has 4 aliphatic rings. The zero-order valence-corrected chi connectivity index (χ0v) is 39.1. The second kappa shape index (κ2) is 22.3. The van der Waals surface area contributed by atoms with Crippen molar-refractivity contribution in [1.29, 1.82) is 0 Å². The van der Waals surface area contributed by atoms with Gasteiger partial charge in [0.05, 0.1) is 33.9 Å². The van der Waals surface area contributed by atoms with Crippen LogP contribution in [-0.4, -0.2) is 54.1 Å². The highest BCUT2D eigenvalue weighted by Gasteiger charge is 2.28. The van der Waals surface area contributed by atoms with E-state index in [1.165, 1.54) is 5.56 Å². The van der Waals surface area contributed by atoms with Crippen LogP contribution < -0.4 is 16.0 Å². The third-order valence-corrected chi connectivity index (χ3v) is 14.8. The zero-order chi connectivity index (χ0) is 46.8. The molecule has 6 aromatic rings. The monoisotopic (exact) mass is 949 g/mol. The fraction of sp³-hybridized carbons (Fsp3) is 0.321. The molecule has 15 heteroatoms. The molecule has 0 unspecified atom stereocenters. The summed E-state index contributed by atoms with van der Waals surface area (Å²) in [5.41, 5.74) is 4.84. The van der Waals surface area contributed by atoms with Crippen LogP contribution in [0.15, 0.2) is 118 Å². The Kier molecular flexibility index (Phi) is 15.4. The van der Waals surface area contributed by atoms with Gasteiger partial charge in [-0.2, -0.15) is 0 Å². The highest BCUT2D eigenvalue weighted by Crippen LogP contribution is 2.33. The lowest BCUT2D eigenvalue weighted by molar-refractivity contribution is -0.119. The van der Waals surface area contributed by atoms with Crippen molar-refractivity contribution in [2.45, 2.75) is 95.8 Å². The molecule has 2 saturated heterocycles. The van der Waals surface area contributed by atoms with E-state index in [4.69, 9.17) is 4.42 Å². The number of carbonyl (C=O) groups excluding carboxylic acids is 4. The van der Waals surface area contributed by atoms with Crippen LogP contribution in [-0.2, 0) is 40.3 Å². The zero-order valence-electron chi connectivity index (χ0n) is 37.5. The molecule has 10 rings (SSSR count). The van der Waals surface area contributed by atoms with Crippen LogP contribution in [0.4, 0.5) is 9.18 Å². The van der Waals surface area contributed by atoms with Crippen molar-refractivity contribution in [3.8, 4) is 11.3 Å². The molecule has 348 valence electrons. The van der Waals surface area contributed by atoms with Crippen LogP contribution in [0.2, 0.25) is 0 Å². The van der Waals surface area contributed by atoms with E-state index in [-0.39, 0.29) is 34.3 Å². The van der Waals surface area contributed by atoms with E-state index >= 15 is 0 Å². The molecule has 3 aromatic heterocycles. The molecule has 2 saturated carbocycles. The van der Waals surface area contributed by atoms with Crippen molar-refractivity contribution >= 4 is 68.5 Å². The van der Waals surface area contributed by atoms with Gasteiger partial charge in [-0.3, -0.25) is 24.5 Å². The summed E-state index contributed by atoms with van der Waals surface area (Å²) in [5.74, 6) is 2.86. The van der Waals surface area contributed by atoms with Crippen LogP contribution in [0.1, 0.15) is 92.0 Å². The van der Waals surface area contributed by atoms with Crippen molar-refractivity contribution in [2.24, 2.45) is 11.8 Å². The van der Waals surface area contributed by atoms with Gasteiger partial charge in [0.1, 0.15) is 23.2 Å². The first-order valence-corrected chi connectivity index (χ1v) is 24.9.